The molecule has 30 heavy (non-hydrogen) atoms. The Balaban J connectivity index is 1.74. The van der Waals surface area contributed by atoms with E-state index in [0.717, 1.165) is 11.6 Å². The first-order valence-electron chi connectivity index (χ1n) is 9.07. The predicted octanol–water partition coefficient (Wildman–Crippen LogP) is 1.21. The van der Waals surface area contributed by atoms with Crippen LogP contribution in [0.2, 0.25) is 0 Å². The van der Waals surface area contributed by atoms with Crippen molar-refractivity contribution >= 4 is 33.2 Å². The summed E-state index contributed by atoms with van der Waals surface area (Å²) in [6, 6.07) is 8.87. The lowest BCUT2D eigenvalue weighted by atomic mass is 10.1. The molecule has 2 aromatic rings. The molecule has 0 aliphatic carbocycles. The Morgan fingerprint density at radius 1 is 1.20 bits per heavy atom. The number of sulfonamides is 1. The number of nitrogens with one attached hydrogen (secondary N) is 2. The van der Waals surface area contributed by atoms with Gasteiger partial charge < -0.3 is 10.2 Å². The molecule has 1 aliphatic rings. The van der Waals surface area contributed by atoms with Crippen molar-refractivity contribution in [3.05, 3.63) is 63.7 Å². The highest BCUT2D eigenvalue weighted by molar-refractivity contribution is 7.89. The largest absolute Gasteiger partial charge is 0.341 e. The number of rotatable bonds is 6. The summed E-state index contributed by atoms with van der Waals surface area (Å²) in [5.74, 6) is -0.966. The number of anilines is 1. The van der Waals surface area contributed by atoms with Crippen LogP contribution in [0, 0.1) is 10.1 Å². The van der Waals surface area contributed by atoms with E-state index in [1.54, 1.807) is 6.07 Å². The molecule has 10 nitrogen and oxygen atoms in total. The predicted molar refractivity (Wildman–Crippen MR) is 109 cm³/mol. The van der Waals surface area contributed by atoms with E-state index in [0.29, 0.717) is 18.7 Å². The van der Waals surface area contributed by atoms with E-state index in [4.69, 9.17) is 0 Å². The van der Waals surface area contributed by atoms with Gasteiger partial charge in [0.15, 0.2) is 0 Å². The number of amides is 2. The Kier molecular flexibility index (Phi) is 5.85. The minimum absolute atomic E-state index is 0.0765. The average Bonchev–Trinajstić information content (AvgIpc) is 3.16. The van der Waals surface area contributed by atoms with E-state index in [2.05, 4.69) is 10.0 Å². The van der Waals surface area contributed by atoms with Crippen molar-refractivity contribution in [2.45, 2.75) is 24.3 Å². The summed E-state index contributed by atoms with van der Waals surface area (Å²) in [6.45, 7) is 1.88. The van der Waals surface area contributed by atoms with Crippen molar-refractivity contribution in [2.24, 2.45) is 0 Å². The van der Waals surface area contributed by atoms with Crippen LogP contribution in [0.4, 0.5) is 11.4 Å². The zero-order valence-corrected chi connectivity index (χ0v) is 17.1. The molecule has 3 rings (SSSR count). The van der Waals surface area contributed by atoms with Crippen molar-refractivity contribution in [2.75, 3.05) is 18.5 Å². The summed E-state index contributed by atoms with van der Waals surface area (Å²) >= 11 is 0. The first kappa shape index (κ1) is 21.4. The van der Waals surface area contributed by atoms with Gasteiger partial charge in [-0.05, 0) is 50.2 Å². The molecule has 1 atom stereocenters. The quantitative estimate of drug-likeness (QED) is 0.520. The second kappa shape index (κ2) is 8.20. The van der Waals surface area contributed by atoms with Gasteiger partial charge in [-0.3, -0.25) is 19.7 Å². The Morgan fingerprint density at radius 3 is 2.60 bits per heavy atom. The van der Waals surface area contributed by atoms with Gasteiger partial charge in [0.1, 0.15) is 6.04 Å². The number of carbonyl (C=O) groups excluding carboxylic acids is 2. The number of nitrogens with zero attached hydrogens (tertiary/aromatic N) is 2. The Labute approximate surface area is 173 Å². The average molecular weight is 432 g/mol. The summed E-state index contributed by atoms with van der Waals surface area (Å²) in [5, 5.41) is 13.4. The standard InChI is InChI=1S/C19H20N4O6S/c1-12(21-18(24)14-4-3-5-15(10-14)23(26)27)19(25)22-9-8-13-11-16(6-7-17(13)22)30(28,29)20-2/h3-7,10-12,20H,8-9H2,1-2H3,(H,21,24). The number of fused-ring (bicyclic) bond motifs is 1. The topological polar surface area (TPSA) is 139 Å². The third-order valence-electron chi connectivity index (χ3n) is 4.83. The van der Waals surface area contributed by atoms with E-state index >= 15 is 0 Å². The monoisotopic (exact) mass is 432 g/mol. The SMILES string of the molecule is CNS(=O)(=O)c1ccc2c(c1)CCN2C(=O)C(C)NC(=O)c1cccc([N+](=O)[O-])c1. The maximum atomic E-state index is 12.9. The minimum atomic E-state index is -3.59. The Hall–Kier alpha value is -3.31. The molecule has 0 fully saturated rings. The molecule has 2 N–H and O–H groups in total. The van der Waals surface area contributed by atoms with Crippen LogP contribution >= 0.6 is 0 Å². The number of non-ortho nitro benzene ring substituents is 1. The number of nitro groups is 1. The van der Waals surface area contributed by atoms with Gasteiger partial charge in [0.25, 0.3) is 11.6 Å². The maximum absolute atomic E-state index is 12.9. The highest BCUT2D eigenvalue weighted by Crippen LogP contribution is 2.30. The van der Waals surface area contributed by atoms with Crippen LogP contribution in [0.15, 0.2) is 47.4 Å². The Bertz CT molecular complexity index is 1130. The van der Waals surface area contributed by atoms with Gasteiger partial charge in [0.2, 0.25) is 15.9 Å². The second-order valence-electron chi connectivity index (χ2n) is 6.74. The molecule has 11 heteroatoms. The summed E-state index contributed by atoms with van der Waals surface area (Å²) in [7, 11) is -2.26. The first-order valence-corrected chi connectivity index (χ1v) is 10.6. The molecule has 1 unspecified atom stereocenters. The number of nitro benzene ring substituents is 1. The van der Waals surface area contributed by atoms with Gasteiger partial charge in [-0.25, -0.2) is 13.1 Å². The van der Waals surface area contributed by atoms with Crippen molar-refractivity contribution < 1.29 is 22.9 Å². The van der Waals surface area contributed by atoms with Crippen LogP contribution < -0.4 is 14.9 Å². The van der Waals surface area contributed by atoms with E-state index in [1.165, 1.54) is 49.2 Å². The van der Waals surface area contributed by atoms with Gasteiger partial charge in [-0.2, -0.15) is 0 Å². The van der Waals surface area contributed by atoms with Crippen molar-refractivity contribution in [3.8, 4) is 0 Å². The summed E-state index contributed by atoms with van der Waals surface area (Å²) in [6.07, 6.45) is 0.486. The summed E-state index contributed by atoms with van der Waals surface area (Å²) in [4.78, 5) is 37.1. The molecule has 0 bridgehead atoms. The Morgan fingerprint density at radius 2 is 1.93 bits per heavy atom. The van der Waals surface area contributed by atoms with Crippen LogP contribution in [0.3, 0.4) is 0 Å². The molecule has 2 amide bonds. The highest BCUT2D eigenvalue weighted by Gasteiger charge is 2.30. The summed E-state index contributed by atoms with van der Waals surface area (Å²) < 4.78 is 26.2. The fourth-order valence-corrected chi connectivity index (χ4v) is 4.01. The molecule has 0 saturated heterocycles. The number of hydrogen-bond donors (Lipinski definition) is 2. The van der Waals surface area contributed by atoms with Gasteiger partial charge >= 0.3 is 0 Å². The lowest BCUT2D eigenvalue weighted by molar-refractivity contribution is -0.384. The van der Waals surface area contributed by atoms with E-state index in [1.807, 2.05) is 0 Å². The normalized spacial score (nSPS) is 14.1. The lowest BCUT2D eigenvalue weighted by Crippen LogP contribution is -2.46. The van der Waals surface area contributed by atoms with Crippen molar-refractivity contribution in [1.29, 1.82) is 0 Å². The smallest absolute Gasteiger partial charge is 0.270 e. The molecule has 0 radical (unpaired) electrons. The first-order chi connectivity index (χ1) is 14.1. The van der Waals surface area contributed by atoms with Gasteiger partial charge in [-0.15, -0.1) is 0 Å². The van der Waals surface area contributed by atoms with E-state index < -0.39 is 26.9 Å². The lowest BCUT2D eigenvalue weighted by Gasteiger charge is -2.22. The maximum Gasteiger partial charge on any atom is 0.270 e. The second-order valence-corrected chi connectivity index (χ2v) is 8.63. The van der Waals surface area contributed by atoms with E-state index in [-0.39, 0.29) is 22.1 Å². The molecule has 1 aliphatic heterocycles. The molecule has 0 aromatic heterocycles. The highest BCUT2D eigenvalue weighted by atomic mass is 32.2. The van der Waals surface area contributed by atoms with Crippen molar-refractivity contribution in [1.82, 2.24) is 10.0 Å². The molecular formula is C19H20N4O6S. The zero-order chi connectivity index (χ0) is 22.1. The molecular weight excluding hydrogens is 412 g/mol. The van der Waals surface area contributed by atoms with E-state index in [9.17, 15) is 28.1 Å². The van der Waals surface area contributed by atoms with Crippen LogP contribution in [0.25, 0.3) is 0 Å². The molecule has 2 aromatic carbocycles. The number of benzene rings is 2. The van der Waals surface area contributed by atoms with Crippen LogP contribution in [-0.4, -0.2) is 44.8 Å². The van der Waals surface area contributed by atoms with Gasteiger partial charge in [-0.1, -0.05) is 6.07 Å². The van der Waals surface area contributed by atoms with Crippen LogP contribution in [0.5, 0.6) is 0 Å². The van der Waals surface area contributed by atoms with Gasteiger partial charge in [0.05, 0.1) is 9.82 Å². The summed E-state index contributed by atoms with van der Waals surface area (Å²) in [5.41, 5.74) is 1.17. The minimum Gasteiger partial charge on any atom is -0.341 e. The molecule has 0 spiro atoms. The van der Waals surface area contributed by atoms with Crippen molar-refractivity contribution in [3.63, 3.8) is 0 Å². The number of carbonyl (C=O) groups is 2. The third-order valence-corrected chi connectivity index (χ3v) is 6.24. The molecule has 1 heterocycles. The molecule has 0 saturated carbocycles. The fraction of sp³-hybridized carbons (Fsp3) is 0.263. The third kappa shape index (κ3) is 4.16. The number of hydrogen-bond acceptors (Lipinski definition) is 6. The fourth-order valence-electron chi connectivity index (χ4n) is 3.23. The van der Waals surface area contributed by atoms with Crippen LogP contribution in [0.1, 0.15) is 22.8 Å². The van der Waals surface area contributed by atoms with Gasteiger partial charge in [0, 0.05) is 29.9 Å². The zero-order valence-electron chi connectivity index (χ0n) is 16.3. The van der Waals surface area contributed by atoms with Crippen LogP contribution in [-0.2, 0) is 21.2 Å². The molecule has 158 valence electrons.